The average molecular weight is 270 g/mol. The highest BCUT2D eigenvalue weighted by molar-refractivity contribution is 5.83. The minimum Gasteiger partial charge on any atom is -0.480 e. The molecule has 1 saturated carbocycles. The lowest BCUT2D eigenvalue weighted by Crippen LogP contribution is -2.47. The van der Waals surface area contributed by atoms with Crippen molar-refractivity contribution < 1.29 is 19.8 Å². The van der Waals surface area contributed by atoms with Crippen LogP contribution in [0.2, 0.25) is 0 Å². The van der Waals surface area contributed by atoms with Crippen molar-refractivity contribution in [3.05, 3.63) is 0 Å². The number of nitrogens with one attached hydrogen (secondary N) is 1. The number of aliphatic carboxylic acids is 1. The van der Waals surface area contributed by atoms with Gasteiger partial charge in [0.1, 0.15) is 6.04 Å². The van der Waals surface area contributed by atoms with Gasteiger partial charge in [0.05, 0.1) is 6.10 Å². The molecule has 1 saturated heterocycles. The van der Waals surface area contributed by atoms with Gasteiger partial charge in [-0.3, -0.25) is 0 Å². The monoisotopic (exact) mass is 270 g/mol. The number of rotatable bonds is 3. The number of carbonyl (C=O) groups is 2. The van der Waals surface area contributed by atoms with Gasteiger partial charge in [-0.05, 0) is 24.7 Å². The predicted molar refractivity (Wildman–Crippen MR) is 68.7 cm³/mol. The summed E-state index contributed by atoms with van der Waals surface area (Å²) in [5.74, 6) is 0.151. The van der Waals surface area contributed by atoms with Crippen LogP contribution in [-0.4, -0.2) is 52.3 Å². The lowest BCUT2D eigenvalue weighted by molar-refractivity contribution is -0.141. The molecule has 3 unspecified atom stereocenters. The zero-order valence-electron chi connectivity index (χ0n) is 11.2. The molecule has 0 spiro atoms. The standard InChI is InChI=1S/C13H22N2O4/c1-8-2-3-9(4-8)6-14-13(19)15-7-10(16)5-11(15)12(17)18/h8-11,16H,2-7H2,1H3,(H,14,19)(H,17,18)/t8?,9?,10?,11-/m0/s1. The Bertz CT molecular complexity index is 361. The number of carbonyl (C=O) groups excluding carboxylic acids is 1. The normalized spacial score (nSPS) is 34.5. The van der Waals surface area contributed by atoms with Crippen molar-refractivity contribution >= 4 is 12.0 Å². The Balaban J connectivity index is 1.83. The Morgan fingerprint density at radius 2 is 2.05 bits per heavy atom. The summed E-state index contributed by atoms with van der Waals surface area (Å²) in [7, 11) is 0. The average Bonchev–Trinajstić information content (AvgIpc) is 2.92. The molecule has 108 valence electrons. The van der Waals surface area contributed by atoms with Gasteiger partial charge in [0.15, 0.2) is 0 Å². The van der Waals surface area contributed by atoms with Crippen LogP contribution in [-0.2, 0) is 4.79 Å². The highest BCUT2D eigenvalue weighted by Gasteiger charge is 2.39. The quantitative estimate of drug-likeness (QED) is 0.702. The van der Waals surface area contributed by atoms with Crippen LogP contribution in [0.1, 0.15) is 32.6 Å². The van der Waals surface area contributed by atoms with Crippen LogP contribution in [0.3, 0.4) is 0 Å². The maximum Gasteiger partial charge on any atom is 0.326 e. The Kier molecular flexibility index (Phi) is 4.29. The minimum absolute atomic E-state index is 0.101. The summed E-state index contributed by atoms with van der Waals surface area (Å²) in [5.41, 5.74) is 0. The van der Waals surface area contributed by atoms with E-state index in [9.17, 15) is 14.7 Å². The first-order chi connectivity index (χ1) is 8.97. The van der Waals surface area contributed by atoms with E-state index in [1.807, 2.05) is 0 Å². The van der Waals surface area contributed by atoms with E-state index in [1.165, 1.54) is 11.3 Å². The van der Waals surface area contributed by atoms with Crippen molar-refractivity contribution in [3.8, 4) is 0 Å². The number of urea groups is 1. The number of carboxylic acids is 1. The van der Waals surface area contributed by atoms with E-state index >= 15 is 0 Å². The van der Waals surface area contributed by atoms with E-state index < -0.39 is 18.1 Å². The van der Waals surface area contributed by atoms with Gasteiger partial charge >= 0.3 is 12.0 Å². The highest BCUT2D eigenvalue weighted by Crippen LogP contribution is 2.29. The van der Waals surface area contributed by atoms with Gasteiger partial charge in [-0.1, -0.05) is 13.3 Å². The molecule has 2 fully saturated rings. The summed E-state index contributed by atoms with van der Waals surface area (Å²) in [4.78, 5) is 24.2. The lowest BCUT2D eigenvalue weighted by Gasteiger charge is -2.22. The van der Waals surface area contributed by atoms with Crippen LogP contribution >= 0.6 is 0 Å². The molecule has 2 amide bonds. The SMILES string of the molecule is CC1CCC(CNC(=O)N2CC(O)C[C@H]2C(=O)O)C1. The molecule has 2 aliphatic rings. The predicted octanol–water partition coefficient (Wildman–Crippen LogP) is 0.652. The fourth-order valence-corrected chi connectivity index (χ4v) is 3.12. The fraction of sp³-hybridized carbons (Fsp3) is 0.846. The van der Waals surface area contributed by atoms with Crippen LogP contribution in [0.5, 0.6) is 0 Å². The molecular formula is C13H22N2O4. The number of amides is 2. The van der Waals surface area contributed by atoms with E-state index in [2.05, 4.69) is 12.2 Å². The van der Waals surface area contributed by atoms with Gasteiger partial charge in [-0.15, -0.1) is 0 Å². The molecule has 19 heavy (non-hydrogen) atoms. The zero-order valence-corrected chi connectivity index (χ0v) is 11.2. The Morgan fingerprint density at radius 1 is 1.32 bits per heavy atom. The van der Waals surface area contributed by atoms with Crippen molar-refractivity contribution in [2.75, 3.05) is 13.1 Å². The third-order valence-corrected chi connectivity index (χ3v) is 4.17. The molecule has 0 aromatic heterocycles. The summed E-state index contributed by atoms with van der Waals surface area (Å²) >= 11 is 0. The van der Waals surface area contributed by atoms with E-state index in [4.69, 9.17) is 5.11 Å². The first kappa shape index (κ1) is 14.1. The number of aliphatic hydroxyl groups is 1. The van der Waals surface area contributed by atoms with E-state index in [0.717, 1.165) is 12.8 Å². The highest BCUT2D eigenvalue weighted by atomic mass is 16.4. The molecule has 6 heteroatoms. The summed E-state index contributed by atoms with van der Waals surface area (Å²) < 4.78 is 0. The number of hydrogen-bond acceptors (Lipinski definition) is 3. The van der Waals surface area contributed by atoms with Crippen molar-refractivity contribution in [1.29, 1.82) is 0 Å². The third-order valence-electron chi connectivity index (χ3n) is 4.17. The molecule has 1 aliphatic carbocycles. The number of likely N-dealkylation sites (tertiary alicyclic amines) is 1. The first-order valence-electron chi connectivity index (χ1n) is 6.92. The number of carboxylic acid groups (broad SMARTS) is 1. The molecule has 0 radical (unpaired) electrons. The van der Waals surface area contributed by atoms with Crippen LogP contribution < -0.4 is 5.32 Å². The Morgan fingerprint density at radius 3 is 2.63 bits per heavy atom. The summed E-state index contributed by atoms with van der Waals surface area (Å²) in [6.07, 6.45) is 2.81. The number of β-amino-alcohol motifs (C(OH)–C–C–N with tert-alkyl or cyclic N) is 1. The second-order valence-electron chi connectivity index (χ2n) is 5.87. The molecule has 1 heterocycles. The minimum atomic E-state index is -1.05. The van der Waals surface area contributed by atoms with E-state index in [0.29, 0.717) is 18.4 Å². The first-order valence-corrected chi connectivity index (χ1v) is 6.92. The summed E-state index contributed by atoms with van der Waals surface area (Å²) in [5, 5.41) is 21.3. The number of nitrogens with zero attached hydrogens (tertiary/aromatic N) is 1. The van der Waals surface area contributed by atoms with Crippen LogP contribution in [0.25, 0.3) is 0 Å². The van der Waals surface area contributed by atoms with Crippen molar-refractivity contribution in [2.24, 2.45) is 11.8 Å². The molecular weight excluding hydrogens is 248 g/mol. The molecule has 6 nitrogen and oxygen atoms in total. The topological polar surface area (TPSA) is 89.9 Å². The Labute approximate surface area is 112 Å². The smallest absolute Gasteiger partial charge is 0.326 e. The van der Waals surface area contributed by atoms with Crippen LogP contribution in [0.4, 0.5) is 4.79 Å². The largest absolute Gasteiger partial charge is 0.480 e. The summed E-state index contributed by atoms with van der Waals surface area (Å²) in [6, 6.07) is -1.28. The van der Waals surface area contributed by atoms with Crippen molar-refractivity contribution in [1.82, 2.24) is 10.2 Å². The molecule has 4 atom stereocenters. The van der Waals surface area contributed by atoms with Gasteiger partial charge < -0.3 is 20.4 Å². The summed E-state index contributed by atoms with van der Waals surface area (Å²) in [6.45, 7) is 2.91. The Hall–Kier alpha value is -1.30. The second kappa shape index (κ2) is 5.77. The van der Waals surface area contributed by atoms with Crippen molar-refractivity contribution in [3.63, 3.8) is 0 Å². The van der Waals surface area contributed by atoms with E-state index in [1.54, 1.807) is 0 Å². The number of hydrogen-bond donors (Lipinski definition) is 3. The van der Waals surface area contributed by atoms with Gasteiger partial charge in [0.25, 0.3) is 0 Å². The molecule has 1 aliphatic heterocycles. The molecule has 0 aromatic rings. The van der Waals surface area contributed by atoms with E-state index in [-0.39, 0.29) is 19.0 Å². The fourth-order valence-electron chi connectivity index (χ4n) is 3.12. The molecule has 3 N–H and O–H groups in total. The molecule has 2 rings (SSSR count). The molecule has 0 aromatic carbocycles. The maximum atomic E-state index is 12.0. The van der Waals surface area contributed by atoms with Gasteiger partial charge in [-0.25, -0.2) is 9.59 Å². The van der Waals surface area contributed by atoms with Gasteiger partial charge in [-0.2, -0.15) is 0 Å². The maximum absolute atomic E-state index is 12.0. The van der Waals surface area contributed by atoms with Crippen LogP contribution in [0, 0.1) is 11.8 Å². The molecule has 0 bridgehead atoms. The van der Waals surface area contributed by atoms with Gasteiger partial charge in [0, 0.05) is 19.5 Å². The third kappa shape index (κ3) is 3.37. The second-order valence-corrected chi connectivity index (χ2v) is 5.87. The van der Waals surface area contributed by atoms with Crippen LogP contribution in [0.15, 0.2) is 0 Å². The number of aliphatic hydroxyl groups excluding tert-OH is 1. The van der Waals surface area contributed by atoms with Gasteiger partial charge in [0.2, 0.25) is 0 Å². The zero-order chi connectivity index (χ0) is 14.0. The lowest BCUT2D eigenvalue weighted by atomic mass is 10.1. The van der Waals surface area contributed by atoms with Crippen molar-refractivity contribution in [2.45, 2.75) is 44.8 Å².